The van der Waals surface area contributed by atoms with Gasteiger partial charge in [0.25, 0.3) is 11.8 Å². The molecule has 3 fully saturated rings. The Morgan fingerprint density at radius 3 is 2.32 bits per heavy atom. The first-order valence-electron chi connectivity index (χ1n) is 14.5. The van der Waals surface area contributed by atoms with Crippen molar-refractivity contribution in [3.63, 3.8) is 0 Å². The number of amides is 3. The van der Waals surface area contributed by atoms with E-state index < -0.39 is 17.5 Å². The van der Waals surface area contributed by atoms with Crippen molar-refractivity contribution in [2.45, 2.75) is 6.42 Å². The molecule has 1 aromatic heterocycles. The summed E-state index contributed by atoms with van der Waals surface area (Å²) in [6.07, 6.45) is 2.18. The summed E-state index contributed by atoms with van der Waals surface area (Å²) in [4.78, 5) is 49.4. The van der Waals surface area contributed by atoms with Crippen molar-refractivity contribution >= 4 is 35.0 Å². The van der Waals surface area contributed by atoms with Crippen LogP contribution in [0.25, 0.3) is 11.3 Å². The molecule has 44 heavy (non-hydrogen) atoms. The molecule has 6 rings (SSSR count). The van der Waals surface area contributed by atoms with Crippen LogP contribution in [-0.2, 0) is 11.8 Å². The number of methoxy groups -OCH3 is 1. The average molecular weight is 627 g/mol. The van der Waals surface area contributed by atoms with E-state index in [2.05, 4.69) is 15.2 Å². The van der Waals surface area contributed by atoms with Crippen LogP contribution in [0.1, 0.15) is 27.4 Å². The Hall–Kier alpha value is -4.03. The second-order valence-corrected chi connectivity index (χ2v) is 12.2. The van der Waals surface area contributed by atoms with Crippen molar-refractivity contribution in [1.29, 1.82) is 0 Å². The molecule has 3 aliphatic heterocycles. The molecule has 1 N–H and O–H groups in total. The zero-order valence-corrected chi connectivity index (χ0v) is 25.4. The molecule has 0 radical (unpaired) electrons. The van der Waals surface area contributed by atoms with Gasteiger partial charge in [0.1, 0.15) is 0 Å². The van der Waals surface area contributed by atoms with Crippen LogP contribution < -0.4 is 10.1 Å². The second kappa shape index (κ2) is 11.8. The first-order valence-corrected chi connectivity index (χ1v) is 14.8. The van der Waals surface area contributed by atoms with Crippen LogP contribution in [0.3, 0.4) is 0 Å². The Kier molecular flexibility index (Phi) is 8.06. The van der Waals surface area contributed by atoms with Crippen molar-refractivity contribution in [2.24, 2.45) is 24.8 Å². The number of likely N-dealkylation sites (tertiary alicyclic amines) is 3. The minimum absolute atomic E-state index is 0.0389. The number of nitrogens with zero attached hydrogens (tertiary/aromatic N) is 5. The maximum Gasteiger partial charge on any atom is 0.291 e. The van der Waals surface area contributed by atoms with Crippen molar-refractivity contribution in [3.8, 4) is 17.0 Å². The lowest BCUT2D eigenvalue weighted by molar-refractivity contribution is -0.134. The fraction of sp³-hybridized carbons (Fsp3) is 0.419. The summed E-state index contributed by atoms with van der Waals surface area (Å²) in [7, 11) is 4.79. The van der Waals surface area contributed by atoms with E-state index in [4.69, 9.17) is 16.3 Å². The lowest BCUT2D eigenvalue weighted by atomic mass is 10.0. The number of halogens is 3. The summed E-state index contributed by atoms with van der Waals surface area (Å²) in [5.74, 6) is -2.54. The number of imidazole rings is 1. The fourth-order valence-electron chi connectivity index (χ4n) is 6.62. The largest absolute Gasteiger partial charge is 0.494 e. The molecule has 1 unspecified atom stereocenters. The highest BCUT2D eigenvalue weighted by Crippen LogP contribution is 2.35. The van der Waals surface area contributed by atoms with Crippen LogP contribution in [0.2, 0.25) is 5.02 Å². The monoisotopic (exact) mass is 626 g/mol. The first kappa shape index (κ1) is 30.0. The van der Waals surface area contributed by atoms with Gasteiger partial charge in [-0.05, 0) is 50.3 Å². The molecule has 0 saturated carbocycles. The van der Waals surface area contributed by atoms with Gasteiger partial charge in [-0.1, -0.05) is 11.6 Å². The molecule has 3 amide bonds. The maximum atomic E-state index is 14.7. The van der Waals surface area contributed by atoms with Crippen LogP contribution in [0.4, 0.5) is 14.5 Å². The lowest BCUT2D eigenvalue weighted by Gasteiger charge is -2.24. The summed E-state index contributed by atoms with van der Waals surface area (Å²) in [5.41, 5.74) is 0.785. The SMILES string of the molecule is COc1ccc(-c2cnc(C(=O)Nc3ccc(C(=O)N4C[C@@H]5CN(C(=O)C6CCN(C)C6)C[C@@H]5C4)c(Cl)c3)n2C)c(F)c1F. The van der Waals surface area contributed by atoms with Crippen LogP contribution in [0.15, 0.2) is 36.5 Å². The zero-order valence-electron chi connectivity index (χ0n) is 24.6. The smallest absolute Gasteiger partial charge is 0.291 e. The molecule has 3 aromatic rings. The summed E-state index contributed by atoms with van der Waals surface area (Å²) in [6, 6.07) is 7.29. The molecule has 0 bridgehead atoms. The number of ether oxygens (including phenoxy) is 1. The minimum Gasteiger partial charge on any atom is -0.494 e. The Bertz CT molecular complexity index is 1630. The van der Waals surface area contributed by atoms with Gasteiger partial charge in [-0.2, -0.15) is 4.39 Å². The normalized spacial score (nSPS) is 21.5. The number of nitrogens with one attached hydrogen (secondary N) is 1. The van der Waals surface area contributed by atoms with E-state index in [1.54, 1.807) is 17.0 Å². The van der Waals surface area contributed by atoms with Gasteiger partial charge < -0.3 is 29.3 Å². The third-order valence-corrected chi connectivity index (χ3v) is 9.33. The molecule has 0 spiro atoms. The van der Waals surface area contributed by atoms with Crippen molar-refractivity contribution in [1.82, 2.24) is 24.3 Å². The molecule has 2 aromatic carbocycles. The predicted octanol–water partition coefficient (Wildman–Crippen LogP) is 3.76. The van der Waals surface area contributed by atoms with Crippen molar-refractivity contribution in [2.75, 3.05) is 58.7 Å². The van der Waals surface area contributed by atoms with E-state index in [9.17, 15) is 23.2 Å². The van der Waals surface area contributed by atoms with Gasteiger partial charge in [0.2, 0.25) is 11.7 Å². The molecule has 10 nitrogen and oxygen atoms in total. The Labute approximate surface area is 258 Å². The standard InChI is InChI=1S/C31H33ClF2N6O4/c1-37-9-8-17(12-37)30(42)39-13-18-15-40(16-19(18)14-39)31(43)21-5-4-20(10-23(21)32)36-29(41)28-35-11-24(38(28)2)22-6-7-25(44-3)27(34)26(22)33/h4-7,10-11,17-19H,8-9,12-16H2,1-3H3,(H,36,41)/t17?,18-,19+. The van der Waals surface area contributed by atoms with Gasteiger partial charge in [-0.25, -0.2) is 9.37 Å². The zero-order chi connectivity index (χ0) is 31.3. The second-order valence-electron chi connectivity index (χ2n) is 11.8. The van der Waals surface area contributed by atoms with Gasteiger partial charge in [-0.3, -0.25) is 14.4 Å². The summed E-state index contributed by atoms with van der Waals surface area (Å²) in [5, 5.41) is 2.88. The highest BCUT2D eigenvalue weighted by Gasteiger charge is 2.45. The van der Waals surface area contributed by atoms with E-state index in [1.165, 1.54) is 43.1 Å². The third kappa shape index (κ3) is 5.41. The van der Waals surface area contributed by atoms with Gasteiger partial charge in [0, 0.05) is 62.9 Å². The average Bonchev–Trinajstić information content (AvgIpc) is 3.78. The molecule has 3 saturated heterocycles. The topological polar surface area (TPSA) is 100 Å². The molecular weight excluding hydrogens is 594 g/mol. The van der Waals surface area contributed by atoms with E-state index in [0.717, 1.165) is 19.5 Å². The Morgan fingerprint density at radius 2 is 1.68 bits per heavy atom. The summed E-state index contributed by atoms with van der Waals surface area (Å²) >= 11 is 6.51. The molecular formula is C31H33ClF2N6O4. The number of carbonyl (C=O) groups excluding carboxylic acids is 3. The minimum atomic E-state index is -1.14. The van der Waals surface area contributed by atoms with Crippen LogP contribution >= 0.6 is 11.6 Å². The highest BCUT2D eigenvalue weighted by atomic mass is 35.5. The summed E-state index contributed by atoms with van der Waals surface area (Å²) in [6.45, 7) is 4.21. The predicted molar refractivity (Wildman–Crippen MR) is 160 cm³/mol. The van der Waals surface area contributed by atoms with Gasteiger partial charge >= 0.3 is 0 Å². The first-order chi connectivity index (χ1) is 21.0. The van der Waals surface area contributed by atoms with Crippen LogP contribution in [0.5, 0.6) is 5.75 Å². The van der Waals surface area contributed by atoms with E-state index in [1.807, 2.05) is 11.9 Å². The Morgan fingerprint density at radius 1 is 0.977 bits per heavy atom. The van der Waals surface area contributed by atoms with Gasteiger partial charge in [0.15, 0.2) is 17.4 Å². The lowest BCUT2D eigenvalue weighted by Crippen LogP contribution is -2.39. The Balaban J connectivity index is 1.08. The molecule has 13 heteroatoms. The number of aromatic nitrogens is 2. The van der Waals surface area contributed by atoms with Crippen molar-refractivity contribution in [3.05, 3.63) is 64.6 Å². The molecule has 232 valence electrons. The van der Waals surface area contributed by atoms with Crippen molar-refractivity contribution < 1.29 is 27.9 Å². The number of fused-ring (bicyclic) bond motifs is 1. The van der Waals surface area contributed by atoms with Gasteiger partial charge in [-0.15, -0.1) is 0 Å². The van der Waals surface area contributed by atoms with Crippen LogP contribution in [0, 0.1) is 29.4 Å². The third-order valence-electron chi connectivity index (χ3n) is 9.02. The fourth-order valence-corrected chi connectivity index (χ4v) is 6.88. The molecule has 3 aliphatic rings. The quantitative estimate of drug-likeness (QED) is 0.447. The van der Waals surface area contributed by atoms with E-state index >= 15 is 0 Å². The number of benzene rings is 2. The maximum absolute atomic E-state index is 14.7. The van der Waals surface area contributed by atoms with E-state index in [-0.39, 0.29) is 57.4 Å². The number of carbonyl (C=O) groups is 3. The molecule has 3 atom stereocenters. The van der Waals surface area contributed by atoms with Gasteiger partial charge in [0.05, 0.1) is 35.5 Å². The molecule has 4 heterocycles. The number of hydrogen-bond donors (Lipinski definition) is 1. The number of hydrogen-bond acceptors (Lipinski definition) is 6. The highest BCUT2D eigenvalue weighted by molar-refractivity contribution is 6.34. The number of anilines is 1. The van der Waals surface area contributed by atoms with E-state index in [0.29, 0.717) is 37.4 Å². The van der Waals surface area contributed by atoms with Crippen LogP contribution in [-0.4, -0.2) is 95.4 Å². The summed E-state index contributed by atoms with van der Waals surface area (Å²) < 4.78 is 35.1. The molecule has 0 aliphatic carbocycles. The number of rotatable bonds is 6.